The summed E-state index contributed by atoms with van der Waals surface area (Å²) in [5.74, 6) is -3.00. The van der Waals surface area contributed by atoms with Gasteiger partial charge in [-0.15, -0.1) is 11.3 Å². The minimum atomic E-state index is -5.20. The number of hydrogen-bond donors (Lipinski definition) is 2. The van der Waals surface area contributed by atoms with Gasteiger partial charge in [0.2, 0.25) is 5.91 Å². The van der Waals surface area contributed by atoms with Crippen LogP contribution in [0.1, 0.15) is 21.7 Å². The lowest BCUT2D eigenvalue weighted by Gasteiger charge is -2.32. The molecule has 0 unspecified atom stereocenters. The lowest BCUT2D eigenvalue weighted by atomic mass is 10.1. The molecule has 1 aromatic carbocycles. The monoisotopic (exact) mass is 636 g/mol. The van der Waals surface area contributed by atoms with Crippen LogP contribution in [-0.2, 0) is 14.3 Å². The summed E-state index contributed by atoms with van der Waals surface area (Å²) in [6.07, 6.45) is -13.7. The molecular formula is C23H21ClF8N4O4S. The molecule has 41 heavy (non-hydrogen) atoms. The van der Waals surface area contributed by atoms with E-state index in [2.05, 4.69) is 5.32 Å². The number of amides is 3. The Labute approximate surface area is 236 Å². The summed E-state index contributed by atoms with van der Waals surface area (Å²) in [7, 11) is 0. The van der Waals surface area contributed by atoms with E-state index in [0.717, 1.165) is 28.4 Å². The second-order valence-corrected chi connectivity index (χ2v) is 10.3. The fourth-order valence-electron chi connectivity index (χ4n) is 3.86. The summed E-state index contributed by atoms with van der Waals surface area (Å²) >= 11 is 6.51. The molecule has 2 heterocycles. The zero-order valence-electron chi connectivity index (χ0n) is 20.6. The van der Waals surface area contributed by atoms with Crippen molar-refractivity contribution in [3.05, 3.63) is 45.1 Å². The molecule has 0 radical (unpaired) electrons. The van der Waals surface area contributed by atoms with Crippen LogP contribution in [0, 0.1) is 0 Å². The minimum absolute atomic E-state index is 0.0146. The smallest absolute Gasteiger partial charge is 0.370 e. The average molecular weight is 637 g/mol. The standard InChI is InChI=1S/C23H21ClF8N4O4S/c24-17-4-3-16(41-17)21(39)33-8-15(35(10-22(27,28)29)11-23(30,31)32)20(38)34-14-2-1-12(7-13(14)19(25)26)36-5-6-40-9-18(36)37/h1-4,7,15,19H,5-6,8-11H2,(H,33,39)(H,34,38)/t15-/m1/s1. The van der Waals surface area contributed by atoms with E-state index in [-0.39, 0.29) is 39.6 Å². The van der Waals surface area contributed by atoms with Gasteiger partial charge in [0.15, 0.2) is 0 Å². The molecule has 3 rings (SSSR count). The van der Waals surface area contributed by atoms with E-state index in [0.29, 0.717) is 0 Å². The van der Waals surface area contributed by atoms with Gasteiger partial charge in [0, 0.05) is 30.0 Å². The van der Waals surface area contributed by atoms with Gasteiger partial charge in [-0.3, -0.25) is 19.3 Å². The van der Waals surface area contributed by atoms with Crippen molar-refractivity contribution in [3.8, 4) is 0 Å². The van der Waals surface area contributed by atoms with Crippen LogP contribution in [0.4, 0.5) is 46.5 Å². The van der Waals surface area contributed by atoms with Gasteiger partial charge < -0.3 is 20.3 Å². The Balaban J connectivity index is 1.92. The minimum Gasteiger partial charge on any atom is -0.370 e. The molecule has 0 spiro atoms. The van der Waals surface area contributed by atoms with E-state index in [1.807, 2.05) is 5.32 Å². The number of hydrogen-bond acceptors (Lipinski definition) is 6. The largest absolute Gasteiger partial charge is 0.401 e. The highest BCUT2D eigenvalue weighted by Gasteiger charge is 2.42. The van der Waals surface area contributed by atoms with E-state index in [9.17, 15) is 49.5 Å². The predicted molar refractivity (Wildman–Crippen MR) is 132 cm³/mol. The summed E-state index contributed by atoms with van der Waals surface area (Å²) in [4.78, 5) is 38.4. The lowest BCUT2D eigenvalue weighted by molar-refractivity contribution is -0.186. The lowest BCUT2D eigenvalue weighted by Crippen LogP contribution is -2.55. The Bertz CT molecular complexity index is 1240. The van der Waals surface area contributed by atoms with E-state index < -0.39 is 73.4 Å². The van der Waals surface area contributed by atoms with E-state index in [1.165, 1.54) is 18.2 Å². The number of carbonyl (C=O) groups is 3. The summed E-state index contributed by atoms with van der Waals surface area (Å²) in [6, 6.07) is 3.25. The number of morpholine rings is 1. The Kier molecular flexibility index (Phi) is 10.5. The fourth-order valence-corrected chi connectivity index (χ4v) is 4.82. The summed E-state index contributed by atoms with van der Waals surface area (Å²) in [5.41, 5.74) is -1.44. The maximum atomic E-state index is 13.9. The number of alkyl halides is 8. The van der Waals surface area contributed by atoms with Crippen molar-refractivity contribution in [2.75, 3.05) is 49.6 Å². The number of rotatable bonds is 10. The topological polar surface area (TPSA) is 91.0 Å². The average Bonchev–Trinajstić information content (AvgIpc) is 3.29. The molecule has 8 nitrogen and oxygen atoms in total. The first-order chi connectivity index (χ1) is 19.0. The van der Waals surface area contributed by atoms with E-state index >= 15 is 0 Å². The van der Waals surface area contributed by atoms with Crippen molar-refractivity contribution < 1.29 is 54.2 Å². The van der Waals surface area contributed by atoms with Crippen LogP contribution in [0.25, 0.3) is 0 Å². The van der Waals surface area contributed by atoms with Gasteiger partial charge in [-0.1, -0.05) is 11.6 Å². The molecule has 1 aliphatic heterocycles. The molecule has 0 aliphatic carbocycles. The molecule has 3 amide bonds. The number of nitrogens with one attached hydrogen (secondary N) is 2. The van der Waals surface area contributed by atoms with E-state index in [4.69, 9.17) is 16.3 Å². The Morgan fingerprint density at radius 3 is 2.27 bits per heavy atom. The number of thiophene rings is 1. The summed E-state index contributed by atoms with van der Waals surface area (Å²) < 4.78 is 112. The Morgan fingerprint density at radius 2 is 1.73 bits per heavy atom. The van der Waals surface area contributed by atoms with Crippen LogP contribution < -0.4 is 15.5 Å². The molecule has 1 aromatic heterocycles. The van der Waals surface area contributed by atoms with Crippen molar-refractivity contribution in [3.63, 3.8) is 0 Å². The number of ether oxygens (including phenoxy) is 1. The second kappa shape index (κ2) is 13.3. The third-order valence-electron chi connectivity index (χ3n) is 5.59. The number of nitrogens with zero attached hydrogens (tertiary/aromatic N) is 2. The van der Waals surface area contributed by atoms with Gasteiger partial charge in [0.25, 0.3) is 18.2 Å². The van der Waals surface area contributed by atoms with Crippen molar-refractivity contribution in [2.24, 2.45) is 0 Å². The van der Waals surface area contributed by atoms with Crippen molar-refractivity contribution >= 4 is 52.0 Å². The maximum absolute atomic E-state index is 13.9. The quantitative estimate of drug-likeness (QED) is 0.364. The highest BCUT2D eigenvalue weighted by molar-refractivity contribution is 7.18. The summed E-state index contributed by atoms with van der Waals surface area (Å²) in [6.45, 7) is -5.60. The number of halogens is 9. The highest BCUT2D eigenvalue weighted by atomic mass is 35.5. The first-order valence-electron chi connectivity index (χ1n) is 11.6. The third-order valence-corrected chi connectivity index (χ3v) is 6.82. The van der Waals surface area contributed by atoms with Crippen LogP contribution in [0.5, 0.6) is 0 Å². The number of benzene rings is 1. The molecule has 0 bridgehead atoms. The molecule has 1 saturated heterocycles. The molecule has 1 aliphatic rings. The predicted octanol–water partition coefficient (Wildman–Crippen LogP) is 4.87. The Hall–Kier alpha value is -3.02. The van der Waals surface area contributed by atoms with Crippen LogP contribution in [0.3, 0.4) is 0 Å². The number of carbonyl (C=O) groups excluding carboxylic acids is 3. The SMILES string of the molecule is O=C(NC[C@H](C(=O)Nc1ccc(N2CCOCC2=O)cc1C(F)F)N(CC(F)(F)F)CC(F)(F)F)c1ccc(Cl)s1. The van der Waals surface area contributed by atoms with Crippen molar-refractivity contribution in [1.82, 2.24) is 10.2 Å². The molecular weight excluding hydrogens is 616 g/mol. The van der Waals surface area contributed by atoms with Gasteiger partial charge in [0.05, 0.1) is 28.9 Å². The molecule has 226 valence electrons. The third kappa shape index (κ3) is 9.51. The van der Waals surface area contributed by atoms with Gasteiger partial charge in [-0.25, -0.2) is 8.78 Å². The fraction of sp³-hybridized carbons (Fsp3) is 0.435. The molecule has 1 fully saturated rings. The van der Waals surface area contributed by atoms with Crippen LogP contribution in [0.2, 0.25) is 4.34 Å². The van der Waals surface area contributed by atoms with Gasteiger partial charge in [0.1, 0.15) is 12.6 Å². The zero-order chi connectivity index (χ0) is 30.5. The Morgan fingerprint density at radius 1 is 1.07 bits per heavy atom. The van der Waals surface area contributed by atoms with Crippen molar-refractivity contribution in [1.29, 1.82) is 0 Å². The van der Waals surface area contributed by atoms with Gasteiger partial charge in [-0.2, -0.15) is 26.3 Å². The summed E-state index contributed by atoms with van der Waals surface area (Å²) in [5, 5.41) is 4.06. The van der Waals surface area contributed by atoms with Crippen molar-refractivity contribution in [2.45, 2.75) is 24.8 Å². The maximum Gasteiger partial charge on any atom is 0.401 e. The van der Waals surface area contributed by atoms with Crippen LogP contribution >= 0.6 is 22.9 Å². The number of anilines is 2. The molecule has 2 N–H and O–H groups in total. The van der Waals surface area contributed by atoms with Gasteiger partial charge >= 0.3 is 12.4 Å². The van der Waals surface area contributed by atoms with Gasteiger partial charge in [-0.05, 0) is 30.3 Å². The first-order valence-corrected chi connectivity index (χ1v) is 12.8. The second-order valence-electron chi connectivity index (χ2n) is 8.62. The molecule has 18 heteroatoms. The molecule has 0 saturated carbocycles. The van der Waals surface area contributed by atoms with Crippen LogP contribution in [0.15, 0.2) is 30.3 Å². The highest BCUT2D eigenvalue weighted by Crippen LogP contribution is 2.32. The zero-order valence-corrected chi connectivity index (χ0v) is 22.2. The normalized spacial score (nSPS) is 15.4. The van der Waals surface area contributed by atoms with Crippen LogP contribution in [-0.4, -0.2) is 80.4 Å². The molecule has 2 aromatic rings. The molecule has 1 atom stereocenters. The first kappa shape index (κ1) is 32.5. The van der Waals surface area contributed by atoms with E-state index in [1.54, 1.807) is 0 Å².